The zero-order valence-corrected chi connectivity index (χ0v) is 22.1. The summed E-state index contributed by atoms with van der Waals surface area (Å²) in [5, 5.41) is 17.4. The third kappa shape index (κ3) is 5.15. The number of thiazole rings is 1. The number of nitrogens with zero attached hydrogens (tertiary/aromatic N) is 4. The summed E-state index contributed by atoms with van der Waals surface area (Å²) in [6, 6.07) is 5.72. The second-order valence-electron chi connectivity index (χ2n) is 8.57. The van der Waals surface area contributed by atoms with E-state index in [1.807, 2.05) is 29.1 Å². The Morgan fingerprint density at radius 3 is 2.85 bits per heavy atom. The third-order valence-electron chi connectivity index (χ3n) is 6.09. The summed E-state index contributed by atoms with van der Waals surface area (Å²) in [7, 11) is 1.27. The van der Waals surface area contributed by atoms with Gasteiger partial charge in [-0.1, -0.05) is 17.3 Å². The number of benzene rings is 1. The molecule has 0 radical (unpaired) electrons. The highest BCUT2D eigenvalue weighted by Gasteiger charge is 2.54. The monoisotopic (exact) mass is 566 g/mol. The predicted octanol–water partition coefficient (Wildman–Crippen LogP) is 1.34. The minimum Gasteiger partial charge on any atom is -0.477 e. The summed E-state index contributed by atoms with van der Waals surface area (Å²) in [5.41, 5.74) is 7.76. The van der Waals surface area contributed by atoms with Gasteiger partial charge in [0.05, 0.1) is 0 Å². The number of aromatic nitrogens is 2. The molecule has 4 aliphatic rings. The number of pyridine rings is 1. The van der Waals surface area contributed by atoms with Gasteiger partial charge < -0.3 is 25.6 Å². The average molecular weight is 567 g/mol. The van der Waals surface area contributed by atoms with Crippen molar-refractivity contribution in [2.24, 2.45) is 5.16 Å². The van der Waals surface area contributed by atoms with Crippen LogP contribution >= 0.6 is 23.1 Å². The van der Waals surface area contributed by atoms with Gasteiger partial charge in [0.1, 0.15) is 29.9 Å². The number of fused-ring (bicyclic) bond motifs is 2. The highest BCUT2D eigenvalue weighted by atomic mass is 32.2. The van der Waals surface area contributed by atoms with Gasteiger partial charge in [0.2, 0.25) is 0 Å². The van der Waals surface area contributed by atoms with Crippen molar-refractivity contribution in [2.75, 3.05) is 18.6 Å². The first-order chi connectivity index (χ1) is 18.8. The Labute approximate surface area is 229 Å². The Kier molecular flexibility index (Phi) is 7.21. The smallest absolute Gasteiger partial charge is 0.352 e. The van der Waals surface area contributed by atoms with Gasteiger partial charge >= 0.3 is 5.97 Å². The molecule has 0 aromatic carbocycles. The number of carboxylic acid groups (broad SMARTS) is 1. The van der Waals surface area contributed by atoms with E-state index in [1.54, 1.807) is 23.6 Å². The zero-order valence-electron chi connectivity index (χ0n) is 20.4. The number of nitrogens with one attached hydrogen (secondary N) is 1. The molecule has 39 heavy (non-hydrogen) atoms. The van der Waals surface area contributed by atoms with Crippen LogP contribution in [0.15, 0.2) is 75.4 Å². The molecular formula is C25H22N6O6S2. The van der Waals surface area contributed by atoms with Gasteiger partial charge in [-0.25, -0.2) is 9.78 Å². The molecule has 2 amide bonds. The van der Waals surface area contributed by atoms with Crippen molar-refractivity contribution in [1.29, 1.82) is 0 Å². The van der Waals surface area contributed by atoms with Crippen molar-refractivity contribution in [2.45, 2.75) is 18.0 Å². The lowest BCUT2D eigenvalue weighted by atomic mass is 10.0. The number of hydrogen-bond donors (Lipinski definition) is 3. The molecular weight excluding hydrogens is 544 g/mol. The molecule has 0 bridgehead atoms. The number of hydrogen-bond acceptors (Lipinski definition) is 10. The average Bonchev–Trinajstić information content (AvgIpc) is 3.35. The number of β-lactam (4-membered cyclic amide) rings is 1. The summed E-state index contributed by atoms with van der Waals surface area (Å²) < 4.78 is 1.90. The van der Waals surface area contributed by atoms with Crippen LogP contribution in [0.4, 0.5) is 5.13 Å². The number of anilines is 1. The number of amides is 2. The van der Waals surface area contributed by atoms with Crippen LogP contribution in [-0.2, 0) is 25.8 Å². The molecule has 1 fully saturated rings. The topological polar surface area (TPSA) is 169 Å². The number of carbonyl (C=O) groups is 3. The van der Waals surface area contributed by atoms with Crippen molar-refractivity contribution >= 4 is 51.7 Å². The van der Waals surface area contributed by atoms with Crippen LogP contribution in [-0.4, -0.2) is 67.3 Å². The number of carboxylic acids is 1. The van der Waals surface area contributed by atoms with Gasteiger partial charge in [-0.05, 0) is 41.0 Å². The van der Waals surface area contributed by atoms with Crippen LogP contribution in [0.25, 0.3) is 11.1 Å². The number of nitrogen functional groups attached to an aromatic ring is 1. The van der Waals surface area contributed by atoms with Gasteiger partial charge in [-0.15, -0.1) is 23.1 Å². The number of allylic oxidation sites excluding steroid dienone is 2. The van der Waals surface area contributed by atoms with Crippen molar-refractivity contribution < 1.29 is 24.3 Å². The SMILES string of the molecule is CO/N=C(\C(=O)NC1C(=O)N2C(C(=O)O)=C(/C=C/Cn3ccc4cc(=O)ccc-4c3)CSC12)c1csc(N)n1. The molecule has 1 aromatic heterocycles. The summed E-state index contributed by atoms with van der Waals surface area (Å²) >= 11 is 2.47. The van der Waals surface area contributed by atoms with E-state index in [9.17, 15) is 24.3 Å². The summed E-state index contributed by atoms with van der Waals surface area (Å²) in [5.74, 6) is -2.13. The lowest BCUT2D eigenvalue weighted by molar-refractivity contribution is -0.150. The van der Waals surface area contributed by atoms with Crippen molar-refractivity contribution in [3.8, 4) is 11.1 Å². The summed E-state index contributed by atoms with van der Waals surface area (Å²) in [6.07, 6.45) is 7.23. The lowest BCUT2D eigenvalue weighted by Crippen LogP contribution is -2.71. The van der Waals surface area contributed by atoms with Gasteiger partial charge in [-0.3, -0.25) is 19.3 Å². The fourth-order valence-corrected chi connectivity index (χ4v) is 6.18. The summed E-state index contributed by atoms with van der Waals surface area (Å²) in [4.78, 5) is 59.5. The van der Waals surface area contributed by atoms with E-state index in [4.69, 9.17) is 10.6 Å². The van der Waals surface area contributed by atoms with Gasteiger partial charge in [0.25, 0.3) is 11.8 Å². The first-order valence-corrected chi connectivity index (χ1v) is 13.5. The number of nitrogens with two attached hydrogens (primary N) is 1. The van der Waals surface area contributed by atoms with Crippen LogP contribution in [0.3, 0.4) is 0 Å². The van der Waals surface area contributed by atoms with E-state index < -0.39 is 29.2 Å². The molecule has 1 aromatic rings. The second kappa shape index (κ2) is 10.7. The number of oxime groups is 1. The highest BCUT2D eigenvalue weighted by molar-refractivity contribution is 8.00. The minimum atomic E-state index is -1.23. The quantitative estimate of drug-likeness (QED) is 0.207. The van der Waals surface area contributed by atoms with Gasteiger partial charge in [0.15, 0.2) is 16.3 Å². The zero-order chi connectivity index (χ0) is 27.7. The van der Waals surface area contributed by atoms with Crippen LogP contribution in [0.5, 0.6) is 0 Å². The molecule has 4 N–H and O–H groups in total. The molecule has 1 saturated heterocycles. The molecule has 12 nitrogen and oxygen atoms in total. The minimum absolute atomic E-state index is 0.0584. The first kappa shape index (κ1) is 26.2. The maximum Gasteiger partial charge on any atom is 0.352 e. The predicted molar refractivity (Wildman–Crippen MR) is 146 cm³/mol. The lowest BCUT2D eigenvalue weighted by Gasteiger charge is -2.49. The molecule has 14 heteroatoms. The number of carbonyl (C=O) groups excluding carboxylic acids is 2. The Bertz CT molecular complexity index is 1590. The maximum atomic E-state index is 13.0. The largest absolute Gasteiger partial charge is 0.477 e. The molecule has 1 aliphatic carbocycles. The third-order valence-corrected chi connectivity index (χ3v) is 8.07. The maximum absolute atomic E-state index is 13.0. The molecule has 3 aliphatic heterocycles. The Hall–Kier alpha value is -4.43. The van der Waals surface area contributed by atoms with Gasteiger partial charge in [-0.2, -0.15) is 0 Å². The number of thioether (sulfide) groups is 1. The Balaban J connectivity index is 1.30. The van der Waals surface area contributed by atoms with Gasteiger partial charge in [0, 0.05) is 30.1 Å². The van der Waals surface area contributed by atoms with Crippen LogP contribution in [0, 0.1) is 0 Å². The van der Waals surface area contributed by atoms with Crippen LogP contribution in [0.2, 0.25) is 0 Å². The van der Waals surface area contributed by atoms with Crippen molar-refractivity contribution in [3.05, 3.63) is 81.4 Å². The summed E-state index contributed by atoms with van der Waals surface area (Å²) in [6.45, 7) is 0.453. The molecule has 0 spiro atoms. The van der Waals surface area contributed by atoms with E-state index in [0.717, 1.165) is 22.5 Å². The Morgan fingerprint density at radius 2 is 2.13 bits per heavy atom. The standard InChI is InChI=1S/C25H22N6O6S2/c1-37-29-18(17-12-39-25(26)27-17)21(33)28-19-22(34)31-20(24(35)36)15(11-38-23(19)31)3-2-7-30-8-6-13-9-16(32)5-4-14(13)10-30/h2-6,8-10,12,19,23H,7,11H2,1H3,(H2,26,27)(H,28,33)(H,35,36)/b3-2+,29-18-. The number of rotatable bonds is 8. The molecule has 4 heterocycles. The fourth-order valence-electron chi connectivity index (χ4n) is 4.32. The van der Waals surface area contributed by atoms with E-state index in [-0.39, 0.29) is 27.7 Å². The molecule has 5 rings (SSSR count). The van der Waals surface area contributed by atoms with Crippen molar-refractivity contribution in [3.63, 3.8) is 0 Å². The Morgan fingerprint density at radius 1 is 1.31 bits per heavy atom. The van der Waals surface area contributed by atoms with E-state index >= 15 is 0 Å². The van der Waals surface area contributed by atoms with E-state index in [2.05, 4.69) is 15.5 Å². The highest BCUT2D eigenvalue weighted by Crippen LogP contribution is 2.40. The fraction of sp³-hybridized carbons (Fsp3) is 0.200. The molecule has 2 atom stereocenters. The van der Waals surface area contributed by atoms with E-state index in [0.29, 0.717) is 17.9 Å². The molecule has 200 valence electrons. The molecule has 2 unspecified atom stereocenters. The van der Waals surface area contributed by atoms with E-state index in [1.165, 1.54) is 29.8 Å². The van der Waals surface area contributed by atoms with Crippen LogP contribution < -0.4 is 16.5 Å². The number of aliphatic carboxylic acids is 1. The first-order valence-electron chi connectivity index (χ1n) is 11.6. The molecule has 0 saturated carbocycles. The normalized spacial score (nSPS) is 19.3. The van der Waals surface area contributed by atoms with Crippen molar-refractivity contribution in [1.82, 2.24) is 19.8 Å². The van der Waals surface area contributed by atoms with Crippen LogP contribution in [0.1, 0.15) is 5.69 Å². The second-order valence-corrected chi connectivity index (χ2v) is 10.6.